The summed E-state index contributed by atoms with van der Waals surface area (Å²) in [6.45, 7) is -0.278. The van der Waals surface area contributed by atoms with Crippen LogP contribution in [0.25, 0.3) is 10.8 Å². The number of rotatable bonds is 1. The standard InChI is InChI=1S/C10H8.C2H5NO2/c1-2-6-10-8-4-3-7-9(10)5-1;3-1-2(4)5/h1-8H;1,3H2,(H,4,5). The van der Waals surface area contributed by atoms with Crippen molar-refractivity contribution in [2.75, 3.05) is 6.54 Å². The first-order chi connectivity index (χ1) is 7.24. The molecule has 0 radical (unpaired) electrons. The second-order valence-corrected chi connectivity index (χ2v) is 2.95. The summed E-state index contributed by atoms with van der Waals surface area (Å²) in [4.78, 5) is 9.24. The third kappa shape index (κ3) is 3.79. The highest BCUT2D eigenvalue weighted by atomic mass is 16.4. The number of fused-ring (bicyclic) bond motifs is 1. The molecule has 0 heterocycles. The maximum Gasteiger partial charge on any atom is 0.317 e. The third-order valence-electron chi connectivity index (χ3n) is 1.83. The zero-order valence-corrected chi connectivity index (χ0v) is 8.26. The largest absolute Gasteiger partial charge is 0.480 e. The molecule has 2 aromatic carbocycles. The lowest BCUT2D eigenvalue weighted by molar-refractivity contribution is -0.135. The van der Waals surface area contributed by atoms with Crippen LogP contribution in [0.15, 0.2) is 48.5 Å². The molecular formula is C12H13NO2. The molecule has 0 aliphatic carbocycles. The Hall–Kier alpha value is -1.87. The molecule has 2 aromatic rings. The molecule has 0 atom stereocenters. The van der Waals surface area contributed by atoms with Crippen molar-refractivity contribution >= 4 is 16.7 Å². The van der Waals surface area contributed by atoms with E-state index < -0.39 is 5.97 Å². The molecular weight excluding hydrogens is 190 g/mol. The second kappa shape index (κ2) is 5.78. The zero-order valence-electron chi connectivity index (χ0n) is 8.26. The summed E-state index contributed by atoms with van der Waals surface area (Å²) < 4.78 is 0. The number of aliphatic carboxylic acids is 1. The molecule has 3 heteroatoms. The minimum atomic E-state index is -0.968. The lowest BCUT2D eigenvalue weighted by Crippen LogP contribution is -2.10. The molecule has 0 amide bonds. The van der Waals surface area contributed by atoms with Crippen LogP contribution in [0, 0.1) is 0 Å². The van der Waals surface area contributed by atoms with Gasteiger partial charge in [-0.1, -0.05) is 48.5 Å². The molecule has 0 bridgehead atoms. The summed E-state index contributed by atoms with van der Waals surface area (Å²) in [5, 5.41) is 10.2. The van der Waals surface area contributed by atoms with Gasteiger partial charge in [-0.05, 0) is 10.8 Å². The SMILES string of the molecule is NCC(=O)O.c1ccc2ccccc2c1. The first-order valence-electron chi connectivity index (χ1n) is 4.59. The monoisotopic (exact) mass is 203 g/mol. The van der Waals surface area contributed by atoms with Crippen molar-refractivity contribution in [3.8, 4) is 0 Å². The Morgan fingerprint density at radius 2 is 1.27 bits per heavy atom. The van der Waals surface area contributed by atoms with E-state index >= 15 is 0 Å². The van der Waals surface area contributed by atoms with E-state index in [0.29, 0.717) is 0 Å². The van der Waals surface area contributed by atoms with Gasteiger partial charge in [0.1, 0.15) is 0 Å². The van der Waals surface area contributed by atoms with Gasteiger partial charge < -0.3 is 10.8 Å². The van der Waals surface area contributed by atoms with Crippen molar-refractivity contribution in [1.82, 2.24) is 0 Å². The highest BCUT2D eigenvalue weighted by Gasteiger charge is 1.85. The summed E-state index contributed by atoms with van der Waals surface area (Å²) in [5.74, 6) is -0.968. The van der Waals surface area contributed by atoms with Gasteiger partial charge in [0.15, 0.2) is 0 Å². The quantitative estimate of drug-likeness (QED) is 0.743. The van der Waals surface area contributed by atoms with Crippen LogP contribution in [-0.4, -0.2) is 17.6 Å². The first kappa shape index (κ1) is 11.2. The van der Waals surface area contributed by atoms with Crippen LogP contribution in [0.3, 0.4) is 0 Å². The number of carboxylic acid groups (broad SMARTS) is 1. The number of nitrogens with two attached hydrogens (primary N) is 1. The van der Waals surface area contributed by atoms with E-state index in [2.05, 4.69) is 54.3 Å². The first-order valence-corrected chi connectivity index (χ1v) is 4.59. The Morgan fingerprint density at radius 3 is 1.47 bits per heavy atom. The van der Waals surface area contributed by atoms with Gasteiger partial charge in [-0.2, -0.15) is 0 Å². The zero-order chi connectivity index (χ0) is 11.1. The average Bonchev–Trinajstić information content (AvgIpc) is 2.30. The lowest BCUT2D eigenvalue weighted by atomic mass is 10.1. The number of benzene rings is 2. The Morgan fingerprint density at radius 1 is 1.00 bits per heavy atom. The minimum Gasteiger partial charge on any atom is -0.480 e. The molecule has 2 rings (SSSR count). The minimum absolute atomic E-state index is 0.278. The molecule has 0 fully saturated rings. The molecule has 0 saturated carbocycles. The van der Waals surface area contributed by atoms with E-state index in [1.807, 2.05) is 0 Å². The van der Waals surface area contributed by atoms with Crippen LogP contribution in [0.1, 0.15) is 0 Å². The van der Waals surface area contributed by atoms with Crippen LogP contribution in [0.2, 0.25) is 0 Å². The highest BCUT2D eigenvalue weighted by Crippen LogP contribution is 2.11. The highest BCUT2D eigenvalue weighted by molar-refractivity contribution is 5.81. The molecule has 78 valence electrons. The van der Waals surface area contributed by atoms with Crippen molar-refractivity contribution in [3.63, 3.8) is 0 Å². The fourth-order valence-electron chi connectivity index (χ4n) is 1.13. The predicted octanol–water partition coefficient (Wildman–Crippen LogP) is 1.87. The molecule has 0 unspecified atom stereocenters. The number of hydrogen-bond donors (Lipinski definition) is 2. The van der Waals surface area contributed by atoms with Crippen molar-refractivity contribution in [3.05, 3.63) is 48.5 Å². The van der Waals surface area contributed by atoms with E-state index in [1.54, 1.807) is 0 Å². The molecule has 0 saturated heterocycles. The molecule has 15 heavy (non-hydrogen) atoms. The Balaban J connectivity index is 0.000000195. The third-order valence-corrected chi connectivity index (χ3v) is 1.83. The van der Waals surface area contributed by atoms with Gasteiger partial charge in [-0.3, -0.25) is 4.79 Å². The van der Waals surface area contributed by atoms with Crippen LogP contribution in [-0.2, 0) is 4.79 Å². The molecule has 0 aliphatic heterocycles. The smallest absolute Gasteiger partial charge is 0.317 e. The maximum atomic E-state index is 9.24. The van der Waals surface area contributed by atoms with Gasteiger partial charge in [-0.25, -0.2) is 0 Å². The van der Waals surface area contributed by atoms with Crippen molar-refractivity contribution in [2.45, 2.75) is 0 Å². The summed E-state index contributed by atoms with van der Waals surface area (Å²) in [5.41, 5.74) is 4.57. The molecule has 3 N–H and O–H groups in total. The summed E-state index contributed by atoms with van der Waals surface area (Å²) in [6, 6.07) is 16.7. The van der Waals surface area contributed by atoms with Crippen molar-refractivity contribution in [2.24, 2.45) is 5.73 Å². The lowest BCUT2D eigenvalue weighted by Gasteiger charge is -1.92. The summed E-state index contributed by atoms with van der Waals surface area (Å²) in [7, 11) is 0. The van der Waals surface area contributed by atoms with Crippen LogP contribution in [0.5, 0.6) is 0 Å². The Kier molecular flexibility index (Phi) is 4.31. The molecule has 3 nitrogen and oxygen atoms in total. The van der Waals surface area contributed by atoms with E-state index in [1.165, 1.54) is 10.8 Å². The normalized spacial score (nSPS) is 9.13. The van der Waals surface area contributed by atoms with Gasteiger partial charge >= 0.3 is 5.97 Å². The van der Waals surface area contributed by atoms with Gasteiger partial charge in [0.25, 0.3) is 0 Å². The number of carbonyl (C=O) groups is 1. The summed E-state index contributed by atoms with van der Waals surface area (Å²) in [6.07, 6.45) is 0. The predicted molar refractivity (Wildman–Crippen MR) is 60.6 cm³/mol. The van der Waals surface area contributed by atoms with Crippen molar-refractivity contribution in [1.29, 1.82) is 0 Å². The van der Waals surface area contributed by atoms with Gasteiger partial charge in [0.2, 0.25) is 0 Å². The number of hydrogen-bond acceptors (Lipinski definition) is 2. The van der Waals surface area contributed by atoms with E-state index in [-0.39, 0.29) is 6.54 Å². The Labute approximate surface area is 88.1 Å². The number of carboxylic acids is 1. The van der Waals surface area contributed by atoms with Crippen LogP contribution < -0.4 is 5.73 Å². The summed E-state index contributed by atoms with van der Waals surface area (Å²) >= 11 is 0. The van der Waals surface area contributed by atoms with Crippen molar-refractivity contribution < 1.29 is 9.90 Å². The van der Waals surface area contributed by atoms with E-state index in [0.717, 1.165) is 0 Å². The van der Waals surface area contributed by atoms with Gasteiger partial charge in [0, 0.05) is 0 Å². The molecule has 0 spiro atoms. The van der Waals surface area contributed by atoms with Crippen LogP contribution >= 0.6 is 0 Å². The second-order valence-electron chi connectivity index (χ2n) is 2.95. The Bertz CT molecular complexity index is 375. The van der Waals surface area contributed by atoms with Crippen LogP contribution in [0.4, 0.5) is 0 Å². The maximum absolute atomic E-state index is 9.24. The fraction of sp³-hybridized carbons (Fsp3) is 0.0833. The van der Waals surface area contributed by atoms with Gasteiger partial charge in [0.05, 0.1) is 6.54 Å². The van der Waals surface area contributed by atoms with E-state index in [4.69, 9.17) is 5.11 Å². The topological polar surface area (TPSA) is 63.3 Å². The molecule has 0 aromatic heterocycles. The van der Waals surface area contributed by atoms with Gasteiger partial charge in [-0.15, -0.1) is 0 Å². The fourth-order valence-corrected chi connectivity index (χ4v) is 1.13. The average molecular weight is 203 g/mol. The van der Waals surface area contributed by atoms with E-state index in [9.17, 15) is 4.79 Å². The molecule has 0 aliphatic rings.